The minimum atomic E-state index is -2.94. The maximum atomic E-state index is 12.2. The van der Waals surface area contributed by atoms with Crippen LogP contribution in [-0.2, 0) is 14.6 Å². The predicted molar refractivity (Wildman–Crippen MR) is 93.7 cm³/mol. The summed E-state index contributed by atoms with van der Waals surface area (Å²) in [6, 6.07) is 7.56. The molecule has 128 valence electrons. The summed E-state index contributed by atoms with van der Waals surface area (Å²) in [5.41, 5.74) is 1.81. The van der Waals surface area contributed by atoms with Gasteiger partial charge in [-0.15, -0.1) is 0 Å². The van der Waals surface area contributed by atoms with Gasteiger partial charge in [-0.1, -0.05) is 6.92 Å². The maximum Gasteiger partial charge on any atom is 0.238 e. The molecule has 1 saturated heterocycles. The van der Waals surface area contributed by atoms with Crippen molar-refractivity contribution in [3.63, 3.8) is 0 Å². The van der Waals surface area contributed by atoms with Crippen molar-refractivity contribution in [2.75, 3.05) is 48.9 Å². The number of rotatable bonds is 6. The van der Waals surface area contributed by atoms with Crippen LogP contribution in [0.4, 0.5) is 11.4 Å². The Morgan fingerprint density at radius 1 is 1.26 bits per heavy atom. The number of benzene rings is 1. The normalized spacial score (nSPS) is 19.7. The molecule has 0 aliphatic carbocycles. The van der Waals surface area contributed by atoms with Crippen LogP contribution in [0.15, 0.2) is 24.3 Å². The van der Waals surface area contributed by atoms with Crippen LogP contribution in [0.1, 0.15) is 13.3 Å². The minimum absolute atomic E-state index is 0.0492. The molecule has 0 radical (unpaired) electrons. The van der Waals surface area contributed by atoms with Crippen molar-refractivity contribution in [3.8, 4) is 0 Å². The number of carbonyl (C=O) groups excluding carboxylic acids is 1. The molecule has 0 aromatic heterocycles. The number of amides is 1. The second-order valence-electron chi connectivity index (χ2n) is 6.11. The highest BCUT2D eigenvalue weighted by molar-refractivity contribution is 7.91. The van der Waals surface area contributed by atoms with Crippen molar-refractivity contribution in [1.82, 2.24) is 4.90 Å². The molecule has 1 aromatic carbocycles. The van der Waals surface area contributed by atoms with Crippen LogP contribution < -0.4 is 10.2 Å². The van der Waals surface area contributed by atoms with Gasteiger partial charge in [0.15, 0.2) is 9.84 Å². The number of sulfone groups is 1. The van der Waals surface area contributed by atoms with Gasteiger partial charge in [0.2, 0.25) is 5.91 Å². The molecule has 1 amide bonds. The third-order valence-corrected chi connectivity index (χ3v) is 5.90. The summed E-state index contributed by atoms with van der Waals surface area (Å²) in [5.74, 6) is 0.265. The number of carbonyl (C=O) groups is 1. The van der Waals surface area contributed by atoms with E-state index in [1.54, 1.807) is 0 Å². The van der Waals surface area contributed by atoms with Gasteiger partial charge in [0.05, 0.1) is 18.1 Å². The lowest BCUT2D eigenvalue weighted by Crippen LogP contribution is -2.41. The third-order valence-electron chi connectivity index (χ3n) is 4.15. The van der Waals surface area contributed by atoms with Crippen LogP contribution in [0, 0.1) is 0 Å². The molecule has 7 heteroatoms. The molecule has 1 fully saturated rings. The van der Waals surface area contributed by atoms with E-state index in [0.29, 0.717) is 13.0 Å². The topological polar surface area (TPSA) is 69.7 Å². The quantitative estimate of drug-likeness (QED) is 0.843. The fourth-order valence-corrected chi connectivity index (χ4v) is 4.55. The van der Waals surface area contributed by atoms with Crippen molar-refractivity contribution in [3.05, 3.63) is 24.3 Å². The number of hydrogen-bond donors (Lipinski definition) is 1. The first-order chi connectivity index (χ1) is 10.8. The zero-order valence-electron chi connectivity index (χ0n) is 13.9. The van der Waals surface area contributed by atoms with E-state index in [4.69, 9.17) is 0 Å². The molecule has 1 heterocycles. The summed E-state index contributed by atoms with van der Waals surface area (Å²) < 4.78 is 23.2. The first-order valence-corrected chi connectivity index (χ1v) is 9.64. The van der Waals surface area contributed by atoms with Crippen molar-refractivity contribution in [2.24, 2.45) is 0 Å². The van der Waals surface area contributed by atoms with Gasteiger partial charge in [-0.2, -0.15) is 0 Å². The van der Waals surface area contributed by atoms with Gasteiger partial charge in [-0.05, 0) is 37.2 Å². The Bertz CT molecular complexity index is 641. The van der Waals surface area contributed by atoms with Gasteiger partial charge in [0, 0.05) is 31.5 Å². The zero-order chi connectivity index (χ0) is 17.0. The van der Waals surface area contributed by atoms with Crippen molar-refractivity contribution >= 4 is 27.1 Å². The van der Waals surface area contributed by atoms with Crippen molar-refractivity contribution in [2.45, 2.75) is 19.4 Å². The molecule has 1 aliphatic rings. The highest BCUT2D eigenvalue weighted by Crippen LogP contribution is 2.18. The SMILES string of the molecule is CCN(CC(=O)Nc1ccc(N(C)C)cc1)C1CCS(=O)(=O)C1. The molecule has 0 saturated carbocycles. The summed E-state index contributed by atoms with van der Waals surface area (Å²) in [7, 11) is 0.985. The number of nitrogens with one attached hydrogen (secondary N) is 1. The highest BCUT2D eigenvalue weighted by Gasteiger charge is 2.32. The summed E-state index contributed by atoms with van der Waals surface area (Å²) in [6.07, 6.45) is 0.612. The van der Waals surface area contributed by atoms with E-state index in [-0.39, 0.29) is 30.0 Å². The van der Waals surface area contributed by atoms with Gasteiger partial charge in [-0.25, -0.2) is 8.42 Å². The second-order valence-corrected chi connectivity index (χ2v) is 8.34. The summed E-state index contributed by atoms with van der Waals surface area (Å²) in [6.45, 7) is 2.82. The third kappa shape index (κ3) is 4.94. The van der Waals surface area contributed by atoms with E-state index in [2.05, 4.69) is 5.32 Å². The number of hydrogen-bond acceptors (Lipinski definition) is 5. The van der Waals surface area contributed by atoms with E-state index >= 15 is 0 Å². The van der Waals surface area contributed by atoms with E-state index in [1.165, 1.54) is 0 Å². The molecule has 1 aromatic rings. The Balaban J connectivity index is 1.92. The number of likely N-dealkylation sites (N-methyl/N-ethyl adjacent to an activating group) is 1. The molecule has 1 atom stereocenters. The van der Waals surface area contributed by atoms with Crippen molar-refractivity contribution in [1.29, 1.82) is 0 Å². The van der Waals surface area contributed by atoms with Crippen LogP contribution in [0.3, 0.4) is 0 Å². The summed E-state index contributed by atoms with van der Waals surface area (Å²) in [5, 5.41) is 2.87. The highest BCUT2D eigenvalue weighted by atomic mass is 32.2. The monoisotopic (exact) mass is 339 g/mol. The lowest BCUT2D eigenvalue weighted by molar-refractivity contribution is -0.117. The molecular weight excluding hydrogens is 314 g/mol. The Morgan fingerprint density at radius 2 is 1.91 bits per heavy atom. The fraction of sp³-hybridized carbons (Fsp3) is 0.562. The smallest absolute Gasteiger partial charge is 0.238 e. The van der Waals surface area contributed by atoms with Crippen LogP contribution >= 0.6 is 0 Å². The molecule has 1 unspecified atom stereocenters. The molecule has 23 heavy (non-hydrogen) atoms. The van der Waals surface area contributed by atoms with Crippen LogP contribution in [0.5, 0.6) is 0 Å². The molecule has 1 N–H and O–H groups in total. The standard InChI is InChI=1S/C16H25N3O3S/c1-4-19(15-9-10-23(21,22)12-15)11-16(20)17-13-5-7-14(8-6-13)18(2)3/h5-8,15H,4,9-12H2,1-3H3,(H,17,20). The molecule has 0 bridgehead atoms. The van der Waals surface area contributed by atoms with Crippen LogP contribution in [-0.4, -0.2) is 64.0 Å². The Labute approximate surface area is 138 Å². The van der Waals surface area contributed by atoms with Crippen LogP contribution in [0.25, 0.3) is 0 Å². The van der Waals surface area contributed by atoms with Gasteiger partial charge in [0.25, 0.3) is 0 Å². The summed E-state index contributed by atoms with van der Waals surface area (Å²) >= 11 is 0. The molecule has 6 nitrogen and oxygen atoms in total. The lowest BCUT2D eigenvalue weighted by Gasteiger charge is -2.25. The maximum absolute atomic E-state index is 12.2. The first-order valence-electron chi connectivity index (χ1n) is 7.82. The molecule has 1 aliphatic heterocycles. The average molecular weight is 339 g/mol. The average Bonchev–Trinajstić information content (AvgIpc) is 2.85. The molecule has 0 spiro atoms. The van der Waals surface area contributed by atoms with Crippen LogP contribution in [0.2, 0.25) is 0 Å². The minimum Gasteiger partial charge on any atom is -0.378 e. The molecular formula is C16H25N3O3S. The number of anilines is 2. The van der Waals surface area contributed by atoms with E-state index < -0.39 is 9.84 Å². The van der Waals surface area contributed by atoms with E-state index in [0.717, 1.165) is 11.4 Å². The van der Waals surface area contributed by atoms with E-state index in [1.807, 2.05) is 55.1 Å². The lowest BCUT2D eigenvalue weighted by atomic mass is 10.2. The van der Waals surface area contributed by atoms with E-state index in [9.17, 15) is 13.2 Å². The fourth-order valence-electron chi connectivity index (χ4n) is 2.79. The van der Waals surface area contributed by atoms with Gasteiger partial charge >= 0.3 is 0 Å². The van der Waals surface area contributed by atoms with Gasteiger partial charge in [-0.3, -0.25) is 9.69 Å². The predicted octanol–water partition coefficient (Wildman–Crippen LogP) is 1.20. The molecule has 2 rings (SSSR count). The Morgan fingerprint density at radius 3 is 2.39 bits per heavy atom. The first kappa shape index (κ1) is 17.7. The Kier molecular flexibility index (Phi) is 5.64. The van der Waals surface area contributed by atoms with Gasteiger partial charge in [0.1, 0.15) is 0 Å². The number of nitrogens with zero attached hydrogens (tertiary/aromatic N) is 2. The summed E-state index contributed by atoms with van der Waals surface area (Å²) in [4.78, 5) is 16.1. The largest absolute Gasteiger partial charge is 0.378 e. The van der Waals surface area contributed by atoms with Gasteiger partial charge < -0.3 is 10.2 Å². The van der Waals surface area contributed by atoms with Crippen molar-refractivity contribution < 1.29 is 13.2 Å². The Hall–Kier alpha value is -1.60. The zero-order valence-corrected chi connectivity index (χ0v) is 14.8. The second kappa shape index (κ2) is 7.31.